The SMILES string of the molecule is CSCCNCc1cc(I)ccc1NC(=O)C(C)(C)SC.CSCCNCc1cc(I)ccc1NCC(C)(C)SC.Cc1ccccc1.Cc1ccccc1.Cc1ccccc1.Cc1ccccc1. The second-order valence-electron chi connectivity index (χ2n) is 17.0. The van der Waals surface area contributed by atoms with Crippen LogP contribution < -0.4 is 21.3 Å². The Hall–Kier alpha value is -2.63. The summed E-state index contributed by atoms with van der Waals surface area (Å²) in [6, 6.07) is 53.8. The first-order chi connectivity index (χ1) is 33.0. The molecule has 0 aliphatic carbocycles. The minimum absolute atomic E-state index is 0.0431. The Morgan fingerprint density at radius 3 is 1.14 bits per heavy atom. The summed E-state index contributed by atoms with van der Waals surface area (Å²) in [5, 5.41) is 13.6. The first-order valence-electron chi connectivity index (χ1n) is 23.1. The van der Waals surface area contributed by atoms with Crippen LogP contribution in [0.25, 0.3) is 0 Å². The number of rotatable bonds is 17. The van der Waals surface area contributed by atoms with Crippen molar-refractivity contribution in [1.82, 2.24) is 10.6 Å². The minimum atomic E-state index is -0.424. The number of anilines is 2. The lowest BCUT2D eigenvalue weighted by molar-refractivity contribution is -0.117. The van der Waals surface area contributed by atoms with E-state index in [9.17, 15) is 4.79 Å². The molecule has 0 fully saturated rings. The van der Waals surface area contributed by atoms with E-state index in [1.807, 2.05) is 140 Å². The Bertz CT molecular complexity index is 2050. The lowest BCUT2D eigenvalue weighted by atomic mass is 10.1. The molecule has 0 aliphatic heterocycles. The second kappa shape index (κ2) is 39.0. The Balaban J connectivity index is 0.000000448. The summed E-state index contributed by atoms with van der Waals surface area (Å²) in [7, 11) is 0. The third kappa shape index (κ3) is 32.9. The van der Waals surface area contributed by atoms with E-state index in [-0.39, 0.29) is 10.7 Å². The second-order valence-corrected chi connectivity index (χ2v) is 24.5. The van der Waals surface area contributed by atoms with Crippen molar-refractivity contribution in [3.05, 3.63) is 198 Å². The van der Waals surface area contributed by atoms with Crippen molar-refractivity contribution in [3.63, 3.8) is 0 Å². The lowest BCUT2D eigenvalue weighted by Gasteiger charge is -2.24. The molecule has 0 aliphatic rings. The summed E-state index contributed by atoms with van der Waals surface area (Å²) in [4.78, 5) is 12.3. The molecule has 11 heteroatoms. The monoisotopic (exact) mass is 1230 g/mol. The standard InChI is InChI=1S/C15H23IN2OS2.C15H25IN2S2.4C7H8/c1-15(2,21-4)14(19)18-13-6-5-12(16)9-11(13)10-17-7-8-20-3;1-15(2,20-4)11-18-14-6-5-13(16)9-12(14)10-17-7-8-19-3;4*1-7-5-3-2-4-6-7/h5-6,9,17H,7-8,10H2,1-4H3,(H,18,19);5-6,9,17-18H,7-8,10-11H2,1-4H3;4*2-6H,1H3. The van der Waals surface area contributed by atoms with Crippen molar-refractivity contribution in [3.8, 4) is 0 Å². The van der Waals surface area contributed by atoms with Crippen molar-refractivity contribution in [2.45, 2.75) is 78.0 Å². The highest BCUT2D eigenvalue weighted by atomic mass is 127. The van der Waals surface area contributed by atoms with Gasteiger partial charge in [-0.25, -0.2) is 0 Å². The van der Waals surface area contributed by atoms with Crippen LogP contribution in [-0.2, 0) is 17.9 Å². The number of hydrogen-bond donors (Lipinski definition) is 4. The largest absolute Gasteiger partial charge is 0.383 e. The molecule has 0 unspecified atom stereocenters. The quantitative estimate of drug-likeness (QED) is 0.0532. The van der Waals surface area contributed by atoms with E-state index in [0.29, 0.717) is 0 Å². The maximum absolute atomic E-state index is 12.3. The number of amides is 1. The number of hydrogen-bond acceptors (Lipinski definition) is 8. The van der Waals surface area contributed by atoms with Gasteiger partial charge in [0.05, 0.1) is 4.75 Å². The van der Waals surface area contributed by atoms with Crippen LogP contribution in [0.1, 0.15) is 61.1 Å². The molecule has 0 saturated heterocycles. The molecule has 6 aromatic rings. The summed E-state index contributed by atoms with van der Waals surface area (Å²) in [5.41, 5.74) is 9.93. The Morgan fingerprint density at radius 1 is 0.493 bits per heavy atom. The van der Waals surface area contributed by atoms with E-state index in [0.717, 1.165) is 55.5 Å². The van der Waals surface area contributed by atoms with Crippen molar-refractivity contribution >= 4 is 110 Å². The highest BCUT2D eigenvalue weighted by Gasteiger charge is 2.26. The zero-order valence-electron chi connectivity index (χ0n) is 43.3. The molecule has 0 spiro atoms. The number of carbonyl (C=O) groups is 1. The predicted molar refractivity (Wildman–Crippen MR) is 336 cm³/mol. The van der Waals surface area contributed by atoms with Crippen LogP contribution in [0.15, 0.2) is 158 Å². The van der Waals surface area contributed by atoms with Gasteiger partial charge in [0, 0.05) is 67.5 Å². The van der Waals surface area contributed by atoms with Gasteiger partial charge in [-0.1, -0.05) is 144 Å². The maximum Gasteiger partial charge on any atom is 0.240 e. The Morgan fingerprint density at radius 2 is 0.841 bits per heavy atom. The fourth-order valence-electron chi connectivity index (χ4n) is 5.39. The molecule has 0 aromatic heterocycles. The summed E-state index contributed by atoms with van der Waals surface area (Å²) in [5.74, 6) is 2.29. The highest BCUT2D eigenvalue weighted by molar-refractivity contribution is 14.1. The van der Waals surface area contributed by atoms with Crippen molar-refractivity contribution < 1.29 is 4.79 Å². The average Bonchev–Trinajstić information content (AvgIpc) is 3.34. The number of carbonyl (C=O) groups excluding carboxylic acids is 1. The van der Waals surface area contributed by atoms with Crippen LogP contribution in [0, 0.1) is 34.8 Å². The first-order valence-corrected chi connectivity index (χ1v) is 30.5. The molecule has 69 heavy (non-hydrogen) atoms. The average molecular weight is 1230 g/mol. The highest BCUT2D eigenvalue weighted by Crippen LogP contribution is 2.26. The number of aryl methyl sites for hydroxylation is 4. The smallest absolute Gasteiger partial charge is 0.240 e. The molecule has 0 bridgehead atoms. The van der Waals surface area contributed by atoms with Gasteiger partial charge in [-0.3, -0.25) is 4.79 Å². The van der Waals surface area contributed by atoms with Crippen molar-refractivity contribution in [2.75, 3.05) is 66.8 Å². The van der Waals surface area contributed by atoms with E-state index in [4.69, 9.17) is 0 Å². The zero-order chi connectivity index (χ0) is 51.3. The molecule has 0 heterocycles. The van der Waals surface area contributed by atoms with E-state index in [1.165, 1.54) is 40.6 Å². The van der Waals surface area contributed by atoms with Crippen LogP contribution in [0.3, 0.4) is 0 Å². The maximum atomic E-state index is 12.3. The van der Waals surface area contributed by atoms with Crippen LogP contribution in [0.4, 0.5) is 11.4 Å². The molecule has 0 atom stereocenters. The number of thioether (sulfide) groups is 4. The van der Waals surface area contributed by atoms with Crippen LogP contribution in [0.2, 0.25) is 0 Å². The molecular formula is C58H80I2N4OS4. The van der Waals surface area contributed by atoms with Crippen LogP contribution >= 0.6 is 92.2 Å². The fourth-order valence-corrected chi connectivity index (χ4v) is 7.65. The van der Waals surface area contributed by atoms with Gasteiger partial charge >= 0.3 is 0 Å². The van der Waals surface area contributed by atoms with Crippen molar-refractivity contribution in [1.29, 1.82) is 0 Å². The normalized spacial score (nSPS) is 10.4. The zero-order valence-corrected chi connectivity index (χ0v) is 50.8. The van der Waals surface area contributed by atoms with E-state index < -0.39 is 4.75 Å². The van der Waals surface area contributed by atoms with Gasteiger partial charge in [0.25, 0.3) is 0 Å². The predicted octanol–water partition coefficient (Wildman–Crippen LogP) is 16.1. The molecule has 1 amide bonds. The molecule has 0 saturated carbocycles. The van der Waals surface area contributed by atoms with Gasteiger partial charge in [0.2, 0.25) is 5.91 Å². The number of benzene rings is 6. The first kappa shape index (κ1) is 64.4. The fraction of sp³-hybridized carbons (Fsp3) is 0.362. The summed E-state index contributed by atoms with van der Waals surface area (Å²) in [6.45, 7) is 21.5. The van der Waals surface area contributed by atoms with Crippen LogP contribution in [0.5, 0.6) is 0 Å². The van der Waals surface area contributed by atoms with E-state index in [1.54, 1.807) is 11.8 Å². The van der Waals surface area contributed by atoms with Gasteiger partial charge in [-0.05, 0) is 173 Å². The van der Waals surface area contributed by atoms with Crippen molar-refractivity contribution in [2.24, 2.45) is 0 Å². The summed E-state index contributed by atoms with van der Waals surface area (Å²) < 4.78 is 2.30. The Kier molecular flexibility index (Phi) is 36.4. The van der Waals surface area contributed by atoms with Crippen LogP contribution in [-0.4, -0.2) is 71.6 Å². The molecule has 376 valence electrons. The Labute approximate surface area is 463 Å². The lowest BCUT2D eigenvalue weighted by Crippen LogP contribution is -2.34. The molecule has 0 radical (unpaired) electrons. The van der Waals surface area contributed by atoms with Gasteiger partial charge in [0.1, 0.15) is 0 Å². The third-order valence-electron chi connectivity index (χ3n) is 10.1. The van der Waals surface area contributed by atoms with Gasteiger partial charge < -0.3 is 21.3 Å². The summed E-state index contributed by atoms with van der Waals surface area (Å²) >= 11 is 11.8. The molecule has 6 aromatic carbocycles. The van der Waals surface area contributed by atoms with Gasteiger partial charge in [0.15, 0.2) is 0 Å². The molecule has 6 rings (SSSR count). The topological polar surface area (TPSA) is 65.2 Å². The minimum Gasteiger partial charge on any atom is -0.383 e. The van der Waals surface area contributed by atoms with E-state index in [2.05, 4.69) is 200 Å². The molecular weight excluding hydrogens is 1150 g/mol. The number of halogens is 2. The molecule has 4 N–H and O–H groups in total. The molecule has 5 nitrogen and oxygen atoms in total. The van der Waals surface area contributed by atoms with Gasteiger partial charge in [-0.2, -0.15) is 35.3 Å². The van der Waals surface area contributed by atoms with Gasteiger partial charge in [-0.15, -0.1) is 11.8 Å². The van der Waals surface area contributed by atoms with E-state index >= 15 is 0 Å². The third-order valence-corrected chi connectivity index (χ3v) is 15.1. The number of nitrogens with one attached hydrogen (secondary N) is 4. The summed E-state index contributed by atoms with van der Waals surface area (Å²) in [6.07, 6.45) is 8.37.